The first kappa shape index (κ1) is 13.1. The predicted molar refractivity (Wildman–Crippen MR) is 67.1 cm³/mol. The molecule has 0 aliphatic rings. The highest BCUT2D eigenvalue weighted by atomic mass is 32.2. The van der Waals surface area contributed by atoms with Crippen molar-refractivity contribution in [3.63, 3.8) is 0 Å². The lowest BCUT2D eigenvalue weighted by molar-refractivity contribution is -0.136. The standard InChI is InChI=1S/C12H17NO2S/c1-13(2)7-8-16-11-5-3-10(4-6-11)9-12(14)15/h3-6H,7-9H2,1-2H3,(H,14,15). The molecule has 0 aliphatic heterocycles. The molecular weight excluding hydrogens is 222 g/mol. The van der Waals surface area contributed by atoms with Gasteiger partial charge in [0.15, 0.2) is 0 Å². The van der Waals surface area contributed by atoms with Crippen LogP contribution in [0.3, 0.4) is 0 Å². The minimum absolute atomic E-state index is 0.0998. The number of carboxylic acids is 1. The smallest absolute Gasteiger partial charge is 0.307 e. The van der Waals surface area contributed by atoms with Crippen LogP contribution in [0.1, 0.15) is 5.56 Å². The quantitative estimate of drug-likeness (QED) is 0.771. The van der Waals surface area contributed by atoms with Crippen LogP contribution in [0.2, 0.25) is 0 Å². The minimum Gasteiger partial charge on any atom is -0.481 e. The summed E-state index contributed by atoms with van der Waals surface area (Å²) in [7, 11) is 4.10. The highest BCUT2D eigenvalue weighted by Crippen LogP contribution is 2.18. The summed E-state index contributed by atoms with van der Waals surface area (Å²) in [6.07, 6.45) is 0.0998. The predicted octanol–water partition coefficient (Wildman–Crippen LogP) is 1.97. The fourth-order valence-electron chi connectivity index (χ4n) is 1.22. The molecule has 0 spiro atoms. The van der Waals surface area contributed by atoms with Crippen LogP contribution in [-0.2, 0) is 11.2 Å². The molecule has 0 saturated heterocycles. The van der Waals surface area contributed by atoms with Gasteiger partial charge in [-0.1, -0.05) is 12.1 Å². The van der Waals surface area contributed by atoms with Gasteiger partial charge in [0, 0.05) is 17.2 Å². The second-order valence-electron chi connectivity index (χ2n) is 3.87. The third-order valence-electron chi connectivity index (χ3n) is 2.09. The van der Waals surface area contributed by atoms with Crippen molar-refractivity contribution in [3.05, 3.63) is 29.8 Å². The lowest BCUT2D eigenvalue weighted by atomic mass is 10.2. The van der Waals surface area contributed by atoms with Crippen LogP contribution in [-0.4, -0.2) is 42.4 Å². The fraction of sp³-hybridized carbons (Fsp3) is 0.417. The van der Waals surface area contributed by atoms with E-state index in [-0.39, 0.29) is 6.42 Å². The summed E-state index contributed by atoms with van der Waals surface area (Å²) in [6.45, 7) is 1.04. The summed E-state index contributed by atoms with van der Waals surface area (Å²) in [4.78, 5) is 13.8. The molecule has 3 nitrogen and oxygen atoms in total. The average Bonchev–Trinajstić information content (AvgIpc) is 2.19. The minimum atomic E-state index is -0.784. The molecular formula is C12H17NO2S. The van der Waals surface area contributed by atoms with E-state index in [2.05, 4.69) is 19.0 Å². The molecule has 1 aromatic rings. The van der Waals surface area contributed by atoms with Crippen molar-refractivity contribution in [1.82, 2.24) is 4.90 Å². The van der Waals surface area contributed by atoms with E-state index < -0.39 is 5.97 Å². The lowest BCUT2D eigenvalue weighted by Gasteiger charge is -2.08. The highest BCUT2D eigenvalue weighted by Gasteiger charge is 2.00. The maximum atomic E-state index is 10.5. The maximum Gasteiger partial charge on any atom is 0.307 e. The van der Waals surface area contributed by atoms with Crippen LogP contribution in [0.25, 0.3) is 0 Å². The summed E-state index contributed by atoms with van der Waals surface area (Å²) in [5.74, 6) is 0.263. The van der Waals surface area contributed by atoms with E-state index in [1.807, 2.05) is 24.3 Å². The van der Waals surface area contributed by atoms with Crippen LogP contribution >= 0.6 is 11.8 Å². The summed E-state index contributed by atoms with van der Waals surface area (Å²) in [5.41, 5.74) is 0.851. The van der Waals surface area contributed by atoms with Crippen molar-refractivity contribution in [1.29, 1.82) is 0 Å². The molecule has 4 heteroatoms. The van der Waals surface area contributed by atoms with Gasteiger partial charge < -0.3 is 10.0 Å². The molecule has 1 rings (SSSR count). The molecule has 0 aliphatic carbocycles. The zero-order valence-corrected chi connectivity index (χ0v) is 10.5. The molecule has 1 N–H and O–H groups in total. The van der Waals surface area contributed by atoms with Gasteiger partial charge in [-0.2, -0.15) is 0 Å². The Morgan fingerprint density at radius 2 is 1.94 bits per heavy atom. The van der Waals surface area contributed by atoms with Gasteiger partial charge in [0.1, 0.15) is 0 Å². The molecule has 1 aromatic carbocycles. The second kappa shape index (κ2) is 6.55. The molecule has 0 heterocycles. The Hall–Kier alpha value is -1.00. The normalized spacial score (nSPS) is 10.7. The fourth-order valence-corrected chi connectivity index (χ4v) is 2.24. The van der Waals surface area contributed by atoms with Gasteiger partial charge in [-0.15, -0.1) is 11.8 Å². The zero-order chi connectivity index (χ0) is 12.0. The molecule has 0 atom stereocenters. The second-order valence-corrected chi connectivity index (χ2v) is 5.03. The first-order valence-corrected chi connectivity index (χ1v) is 6.15. The van der Waals surface area contributed by atoms with Crippen LogP contribution in [0, 0.1) is 0 Å². The Bertz CT molecular complexity index is 335. The van der Waals surface area contributed by atoms with Crippen molar-refractivity contribution in [2.75, 3.05) is 26.4 Å². The highest BCUT2D eigenvalue weighted by molar-refractivity contribution is 7.99. The molecule has 0 aromatic heterocycles. The van der Waals surface area contributed by atoms with Crippen LogP contribution in [0.4, 0.5) is 0 Å². The third-order valence-corrected chi connectivity index (χ3v) is 3.08. The molecule has 88 valence electrons. The zero-order valence-electron chi connectivity index (χ0n) is 9.64. The third kappa shape index (κ3) is 5.19. The molecule has 16 heavy (non-hydrogen) atoms. The molecule has 0 radical (unpaired) electrons. The number of carboxylic acid groups (broad SMARTS) is 1. The molecule has 0 unspecified atom stereocenters. The number of aliphatic carboxylic acids is 1. The Balaban J connectivity index is 2.42. The topological polar surface area (TPSA) is 40.5 Å². The van der Waals surface area contributed by atoms with Crippen molar-refractivity contribution in [2.45, 2.75) is 11.3 Å². The Morgan fingerprint density at radius 3 is 2.44 bits per heavy atom. The van der Waals surface area contributed by atoms with Crippen molar-refractivity contribution >= 4 is 17.7 Å². The van der Waals surface area contributed by atoms with Crippen molar-refractivity contribution in [3.8, 4) is 0 Å². The van der Waals surface area contributed by atoms with E-state index in [4.69, 9.17) is 5.11 Å². The summed E-state index contributed by atoms with van der Waals surface area (Å²) < 4.78 is 0. The number of hydrogen-bond donors (Lipinski definition) is 1. The number of nitrogens with zero attached hydrogens (tertiary/aromatic N) is 1. The largest absolute Gasteiger partial charge is 0.481 e. The number of rotatable bonds is 6. The molecule has 0 saturated carbocycles. The average molecular weight is 239 g/mol. The van der Waals surface area contributed by atoms with Crippen LogP contribution < -0.4 is 0 Å². The monoisotopic (exact) mass is 239 g/mol. The Morgan fingerprint density at radius 1 is 1.31 bits per heavy atom. The van der Waals surface area contributed by atoms with Gasteiger partial charge in [0.05, 0.1) is 6.42 Å². The van der Waals surface area contributed by atoms with Gasteiger partial charge in [-0.3, -0.25) is 4.79 Å². The van der Waals surface area contributed by atoms with Gasteiger partial charge >= 0.3 is 5.97 Å². The van der Waals surface area contributed by atoms with Gasteiger partial charge in [0.2, 0.25) is 0 Å². The first-order chi connectivity index (χ1) is 7.58. The van der Waals surface area contributed by atoms with E-state index >= 15 is 0 Å². The number of hydrogen-bond acceptors (Lipinski definition) is 3. The van der Waals surface area contributed by atoms with E-state index in [9.17, 15) is 4.79 Å². The summed E-state index contributed by atoms with van der Waals surface area (Å²) in [6, 6.07) is 7.73. The van der Waals surface area contributed by atoms with Crippen LogP contribution in [0.15, 0.2) is 29.2 Å². The van der Waals surface area contributed by atoms with Crippen molar-refractivity contribution < 1.29 is 9.90 Å². The van der Waals surface area contributed by atoms with E-state index in [0.717, 1.165) is 17.9 Å². The van der Waals surface area contributed by atoms with E-state index in [1.165, 1.54) is 4.90 Å². The number of carbonyl (C=O) groups is 1. The maximum absolute atomic E-state index is 10.5. The summed E-state index contributed by atoms with van der Waals surface area (Å²) in [5, 5.41) is 8.63. The first-order valence-electron chi connectivity index (χ1n) is 5.16. The summed E-state index contributed by atoms with van der Waals surface area (Å²) >= 11 is 1.79. The van der Waals surface area contributed by atoms with Crippen molar-refractivity contribution in [2.24, 2.45) is 0 Å². The van der Waals surface area contributed by atoms with Crippen LogP contribution in [0.5, 0.6) is 0 Å². The lowest BCUT2D eigenvalue weighted by Crippen LogP contribution is -2.14. The van der Waals surface area contributed by atoms with E-state index in [0.29, 0.717) is 0 Å². The number of thioether (sulfide) groups is 1. The molecule has 0 amide bonds. The molecule has 0 bridgehead atoms. The Labute approximate surface area is 100 Å². The Kier molecular flexibility index (Phi) is 5.35. The number of benzene rings is 1. The van der Waals surface area contributed by atoms with Gasteiger partial charge in [0.25, 0.3) is 0 Å². The molecule has 0 fully saturated rings. The van der Waals surface area contributed by atoms with E-state index in [1.54, 1.807) is 11.8 Å². The van der Waals surface area contributed by atoms with Gasteiger partial charge in [-0.25, -0.2) is 0 Å². The van der Waals surface area contributed by atoms with Gasteiger partial charge in [-0.05, 0) is 31.8 Å². The SMILES string of the molecule is CN(C)CCSc1ccc(CC(=O)O)cc1.